The van der Waals surface area contributed by atoms with E-state index in [1.807, 2.05) is 6.20 Å². The summed E-state index contributed by atoms with van der Waals surface area (Å²) in [7, 11) is 0. The molecule has 2 rings (SSSR count). The number of aliphatic hydroxyl groups is 1. The molecular weight excluding hydrogens is 252 g/mol. The number of benzene rings is 1. The third kappa shape index (κ3) is 4.75. The Morgan fingerprint density at radius 1 is 1.35 bits per heavy atom. The molecule has 0 radical (unpaired) electrons. The van der Waals surface area contributed by atoms with E-state index in [9.17, 15) is 0 Å². The van der Waals surface area contributed by atoms with Gasteiger partial charge < -0.3 is 10.4 Å². The average molecular weight is 274 g/mol. The lowest BCUT2D eigenvalue weighted by Crippen LogP contribution is -2.17. The molecule has 0 amide bonds. The number of aromatic nitrogens is 3. The van der Waals surface area contributed by atoms with E-state index in [1.165, 1.54) is 11.1 Å². The summed E-state index contributed by atoms with van der Waals surface area (Å²) in [4.78, 5) is 0. The molecule has 108 valence electrons. The van der Waals surface area contributed by atoms with Crippen LogP contribution in [0.3, 0.4) is 0 Å². The molecule has 0 atom stereocenters. The molecule has 0 aliphatic carbocycles. The molecule has 5 nitrogen and oxygen atoms in total. The van der Waals surface area contributed by atoms with Gasteiger partial charge in [0.15, 0.2) is 0 Å². The Labute approximate surface area is 119 Å². The fourth-order valence-electron chi connectivity index (χ4n) is 2.08. The second-order valence-corrected chi connectivity index (χ2v) is 4.97. The second-order valence-electron chi connectivity index (χ2n) is 4.97. The van der Waals surface area contributed by atoms with Gasteiger partial charge in [-0.2, -0.15) is 0 Å². The van der Waals surface area contributed by atoms with Crippen LogP contribution in [0.25, 0.3) is 0 Å². The molecule has 20 heavy (non-hydrogen) atoms. The minimum atomic E-state index is 0.184. The van der Waals surface area contributed by atoms with E-state index in [1.54, 1.807) is 4.68 Å². The SMILES string of the molecule is Cc1cccc(CCNCc2cn(CCCO)nn2)c1. The van der Waals surface area contributed by atoms with Crippen molar-refractivity contribution in [3.8, 4) is 0 Å². The highest BCUT2D eigenvalue weighted by molar-refractivity contribution is 5.22. The number of nitrogens with zero attached hydrogens (tertiary/aromatic N) is 3. The average Bonchev–Trinajstić information content (AvgIpc) is 2.89. The van der Waals surface area contributed by atoms with Crippen LogP contribution in [0, 0.1) is 6.92 Å². The molecule has 0 unspecified atom stereocenters. The molecule has 1 aromatic heterocycles. The third-order valence-corrected chi connectivity index (χ3v) is 3.11. The Balaban J connectivity index is 1.69. The predicted octanol–water partition coefficient (Wildman–Crippen LogP) is 1.30. The molecule has 0 aliphatic rings. The van der Waals surface area contributed by atoms with Gasteiger partial charge in [0.25, 0.3) is 0 Å². The molecule has 2 N–H and O–H groups in total. The van der Waals surface area contributed by atoms with Crippen LogP contribution in [0.4, 0.5) is 0 Å². The van der Waals surface area contributed by atoms with Crippen LogP contribution >= 0.6 is 0 Å². The highest BCUT2D eigenvalue weighted by atomic mass is 16.3. The molecule has 0 saturated carbocycles. The van der Waals surface area contributed by atoms with Crippen molar-refractivity contribution in [3.05, 3.63) is 47.3 Å². The summed E-state index contributed by atoms with van der Waals surface area (Å²) in [5.41, 5.74) is 3.59. The van der Waals surface area contributed by atoms with Crippen LogP contribution in [0.2, 0.25) is 0 Å². The number of aryl methyl sites for hydroxylation is 2. The minimum Gasteiger partial charge on any atom is -0.396 e. The van der Waals surface area contributed by atoms with Crippen LogP contribution in [0.1, 0.15) is 23.2 Å². The normalized spacial score (nSPS) is 10.9. The molecule has 5 heteroatoms. The molecule has 0 bridgehead atoms. The maximum atomic E-state index is 8.76. The lowest BCUT2D eigenvalue weighted by atomic mass is 10.1. The predicted molar refractivity (Wildman–Crippen MR) is 78.3 cm³/mol. The summed E-state index contributed by atoms with van der Waals surface area (Å²) in [5, 5.41) is 20.2. The van der Waals surface area contributed by atoms with Crippen molar-refractivity contribution in [2.24, 2.45) is 0 Å². The van der Waals surface area contributed by atoms with Crippen LogP contribution in [0.15, 0.2) is 30.5 Å². The first-order valence-corrected chi connectivity index (χ1v) is 7.04. The largest absolute Gasteiger partial charge is 0.396 e. The lowest BCUT2D eigenvalue weighted by molar-refractivity contribution is 0.276. The summed E-state index contributed by atoms with van der Waals surface area (Å²) in [6, 6.07) is 8.58. The zero-order valence-corrected chi connectivity index (χ0v) is 11.9. The Bertz CT molecular complexity index is 524. The van der Waals surface area contributed by atoms with Crippen molar-refractivity contribution in [3.63, 3.8) is 0 Å². The van der Waals surface area contributed by atoms with E-state index in [-0.39, 0.29) is 6.61 Å². The summed E-state index contributed by atoms with van der Waals surface area (Å²) < 4.78 is 1.77. The Morgan fingerprint density at radius 2 is 2.25 bits per heavy atom. The summed E-state index contributed by atoms with van der Waals surface area (Å²) in [6.07, 6.45) is 3.65. The highest BCUT2D eigenvalue weighted by Crippen LogP contribution is 2.04. The van der Waals surface area contributed by atoms with Crippen LogP contribution in [-0.2, 0) is 19.5 Å². The van der Waals surface area contributed by atoms with Gasteiger partial charge in [-0.25, -0.2) is 0 Å². The highest BCUT2D eigenvalue weighted by Gasteiger charge is 2.00. The van der Waals surface area contributed by atoms with E-state index in [4.69, 9.17) is 5.11 Å². The standard InChI is InChI=1S/C15H22N4O/c1-13-4-2-5-14(10-13)6-7-16-11-15-12-19(18-17-15)8-3-9-20/h2,4-5,10,12,16,20H,3,6-9,11H2,1H3. The molecule has 2 aromatic rings. The first kappa shape index (κ1) is 14.7. The van der Waals surface area contributed by atoms with Gasteiger partial charge in [0.2, 0.25) is 0 Å². The molecule has 0 saturated heterocycles. The Morgan fingerprint density at radius 3 is 3.05 bits per heavy atom. The number of rotatable bonds is 8. The number of hydrogen-bond donors (Lipinski definition) is 2. The first-order valence-electron chi connectivity index (χ1n) is 7.04. The van der Waals surface area contributed by atoms with Crippen molar-refractivity contribution in [1.82, 2.24) is 20.3 Å². The molecule has 1 heterocycles. The van der Waals surface area contributed by atoms with Gasteiger partial charge in [-0.15, -0.1) is 5.10 Å². The number of nitrogens with one attached hydrogen (secondary N) is 1. The molecule has 0 aliphatic heterocycles. The van der Waals surface area contributed by atoms with E-state index in [2.05, 4.69) is 46.8 Å². The van der Waals surface area contributed by atoms with Gasteiger partial charge in [-0.3, -0.25) is 4.68 Å². The number of hydrogen-bond acceptors (Lipinski definition) is 4. The quantitative estimate of drug-likeness (QED) is 0.712. The van der Waals surface area contributed by atoms with Crippen molar-refractivity contribution in [2.45, 2.75) is 32.9 Å². The van der Waals surface area contributed by atoms with Crippen molar-refractivity contribution in [2.75, 3.05) is 13.2 Å². The van der Waals surface area contributed by atoms with Gasteiger partial charge >= 0.3 is 0 Å². The van der Waals surface area contributed by atoms with E-state index in [0.717, 1.165) is 25.2 Å². The fraction of sp³-hybridized carbons (Fsp3) is 0.467. The Hall–Kier alpha value is -1.72. The van der Waals surface area contributed by atoms with E-state index < -0.39 is 0 Å². The maximum absolute atomic E-state index is 8.76. The topological polar surface area (TPSA) is 63.0 Å². The smallest absolute Gasteiger partial charge is 0.0964 e. The van der Waals surface area contributed by atoms with E-state index >= 15 is 0 Å². The molecular formula is C15H22N4O. The molecule has 1 aromatic carbocycles. The third-order valence-electron chi connectivity index (χ3n) is 3.11. The summed E-state index contributed by atoms with van der Waals surface area (Å²) >= 11 is 0. The van der Waals surface area contributed by atoms with Crippen LogP contribution < -0.4 is 5.32 Å². The van der Waals surface area contributed by atoms with Crippen molar-refractivity contribution in [1.29, 1.82) is 0 Å². The second kappa shape index (κ2) is 7.77. The van der Waals surface area contributed by atoms with Gasteiger partial charge in [0, 0.05) is 25.9 Å². The van der Waals surface area contributed by atoms with Crippen molar-refractivity contribution >= 4 is 0 Å². The molecule has 0 fully saturated rings. The van der Waals surface area contributed by atoms with Crippen LogP contribution in [0.5, 0.6) is 0 Å². The molecule has 0 spiro atoms. The minimum absolute atomic E-state index is 0.184. The van der Waals surface area contributed by atoms with Gasteiger partial charge in [0.1, 0.15) is 0 Å². The summed E-state index contributed by atoms with van der Waals surface area (Å²) in [5.74, 6) is 0. The Kier molecular flexibility index (Phi) is 5.70. The van der Waals surface area contributed by atoms with Gasteiger partial charge in [0.05, 0.1) is 5.69 Å². The zero-order chi connectivity index (χ0) is 14.2. The van der Waals surface area contributed by atoms with Gasteiger partial charge in [-0.1, -0.05) is 35.0 Å². The zero-order valence-electron chi connectivity index (χ0n) is 11.9. The van der Waals surface area contributed by atoms with Crippen LogP contribution in [-0.4, -0.2) is 33.3 Å². The first-order chi connectivity index (χ1) is 9.78. The van der Waals surface area contributed by atoms with Crippen molar-refractivity contribution < 1.29 is 5.11 Å². The fourth-order valence-corrected chi connectivity index (χ4v) is 2.08. The monoisotopic (exact) mass is 274 g/mol. The number of aliphatic hydroxyl groups excluding tert-OH is 1. The summed E-state index contributed by atoms with van der Waals surface area (Å²) in [6.45, 7) is 4.66. The maximum Gasteiger partial charge on any atom is 0.0964 e. The lowest BCUT2D eigenvalue weighted by Gasteiger charge is -2.03. The van der Waals surface area contributed by atoms with Gasteiger partial charge in [-0.05, 0) is 31.9 Å². The van der Waals surface area contributed by atoms with E-state index in [0.29, 0.717) is 13.0 Å².